The molecule has 2 unspecified atom stereocenters. The van der Waals surface area contributed by atoms with Crippen molar-refractivity contribution in [3.63, 3.8) is 0 Å². The SMILES string of the molecule is CNCCC(O)C(O)c1cc(OC)cc([N+](=O)[O-])c1N. The average Bonchev–Trinajstić information content (AvgIpc) is 2.43. The second-order valence-electron chi connectivity index (χ2n) is 4.31. The Kier molecular flexibility index (Phi) is 5.68. The molecule has 0 heterocycles. The van der Waals surface area contributed by atoms with Crippen LogP contribution in [0.3, 0.4) is 0 Å². The highest BCUT2D eigenvalue weighted by atomic mass is 16.6. The molecule has 20 heavy (non-hydrogen) atoms. The number of nitrogens with two attached hydrogens (primary N) is 1. The van der Waals surface area contributed by atoms with Gasteiger partial charge in [-0.1, -0.05) is 0 Å². The number of hydrogen-bond acceptors (Lipinski definition) is 7. The fourth-order valence-electron chi connectivity index (χ4n) is 1.80. The molecule has 1 aromatic rings. The number of anilines is 1. The first-order valence-electron chi connectivity index (χ1n) is 6.04. The van der Waals surface area contributed by atoms with Crippen molar-refractivity contribution < 1.29 is 19.9 Å². The van der Waals surface area contributed by atoms with Crippen molar-refractivity contribution in [2.24, 2.45) is 0 Å². The van der Waals surface area contributed by atoms with E-state index in [-0.39, 0.29) is 29.1 Å². The lowest BCUT2D eigenvalue weighted by molar-refractivity contribution is -0.384. The van der Waals surface area contributed by atoms with Crippen LogP contribution >= 0.6 is 0 Å². The Labute approximate surface area is 116 Å². The molecule has 0 bridgehead atoms. The second kappa shape index (κ2) is 7.04. The number of nitro benzene ring substituents is 1. The molecule has 2 atom stereocenters. The molecule has 0 amide bonds. The number of methoxy groups -OCH3 is 1. The van der Waals surface area contributed by atoms with Crippen LogP contribution in [0.4, 0.5) is 11.4 Å². The molecule has 0 saturated carbocycles. The van der Waals surface area contributed by atoms with Gasteiger partial charge in [0.1, 0.15) is 17.5 Å². The molecule has 5 N–H and O–H groups in total. The van der Waals surface area contributed by atoms with Crippen LogP contribution in [-0.4, -0.2) is 41.9 Å². The summed E-state index contributed by atoms with van der Waals surface area (Å²) in [6, 6.07) is 2.56. The second-order valence-corrected chi connectivity index (χ2v) is 4.31. The number of hydrogen-bond donors (Lipinski definition) is 4. The van der Waals surface area contributed by atoms with Crippen molar-refractivity contribution in [1.82, 2.24) is 5.32 Å². The summed E-state index contributed by atoms with van der Waals surface area (Å²) >= 11 is 0. The minimum absolute atomic E-state index is 0.0830. The van der Waals surface area contributed by atoms with Crippen LogP contribution in [0.15, 0.2) is 12.1 Å². The summed E-state index contributed by atoms with van der Waals surface area (Å²) in [5.41, 5.74) is 5.24. The third-order valence-corrected chi connectivity index (χ3v) is 2.97. The summed E-state index contributed by atoms with van der Waals surface area (Å²) in [4.78, 5) is 10.3. The van der Waals surface area contributed by atoms with Gasteiger partial charge in [-0.3, -0.25) is 10.1 Å². The van der Waals surface area contributed by atoms with Crippen molar-refractivity contribution in [2.75, 3.05) is 26.4 Å². The highest BCUT2D eigenvalue weighted by Crippen LogP contribution is 2.35. The number of nitro groups is 1. The molecule has 0 aliphatic heterocycles. The van der Waals surface area contributed by atoms with E-state index in [1.54, 1.807) is 7.05 Å². The van der Waals surface area contributed by atoms with Crippen LogP contribution in [0, 0.1) is 10.1 Å². The van der Waals surface area contributed by atoms with Crippen LogP contribution in [0.5, 0.6) is 5.75 Å². The summed E-state index contributed by atoms with van der Waals surface area (Å²) < 4.78 is 4.95. The van der Waals surface area contributed by atoms with E-state index < -0.39 is 17.1 Å². The fourth-order valence-corrected chi connectivity index (χ4v) is 1.80. The maximum atomic E-state index is 10.9. The maximum Gasteiger partial charge on any atom is 0.296 e. The van der Waals surface area contributed by atoms with Gasteiger partial charge in [-0.05, 0) is 26.1 Å². The van der Waals surface area contributed by atoms with Crippen molar-refractivity contribution >= 4 is 11.4 Å². The predicted molar refractivity (Wildman–Crippen MR) is 73.6 cm³/mol. The first-order chi connectivity index (χ1) is 9.42. The topological polar surface area (TPSA) is 131 Å². The molecule has 8 nitrogen and oxygen atoms in total. The van der Waals surface area contributed by atoms with Crippen LogP contribution in [0.2, 0.25) is 0 Å². The molecule has 1 aromatic carbocycles. The zero-order chi connectivity index (χ0) is 15.3. The molecule has 0 aliphatic carbocycles. The van der Waals surface area contributed by atoms with Gasteiger partial charge >= 0.3 is 0 Å². The van der Waals surface area contributed by atoms with Crippen molar-refractivity contribution in [3.05, 3.63) is 27.8 Å². The van der Waals surface area contributed by atoms with Crippen LogP contribution in [0.1, 0.15) is 18.1 Å². The maximum absolute atomic E-state index is 10.9. The number of aliphatic hydroxyl groups excluding tert-OH is 2. The largest absolute Gasteiger partial charge is 0.496 e. The molecule has 1 rings (SSSR count). The van der Waals surface area contributed by atoms with Crippen molar-refractivity contribution in [1.29, 1.82) is 0 Å². The van der Waals surface area contributed by atoms with E-state index in [4.69, 9.17) is 10.5 Å². The Morgan fingerprint density at radius 1 is 1.50 bits per heavy atom. The molecule has 0 aliphatic rings. The van der Waals surface area contributed by atoms with E-state index in [9.17, 15) is 20.3 Å². The lowest BCUT2D eigenvalue weighted by Crippen LogP contribution is -2.24. The predicted octanol–water partition coefficient (Wildman–Crippen LogP) is 0.189. The van der Waals surface area contributed by atoms with Crippen LogP contribution in [-0.2, 0) is 0 Å². The lowest BCUT2D eigenvalue weighted by atomic mass is 9.99. The van der Waals surface area contributed by atoms with Gasteiger partial charge in [0.2, 0.25) is 0 Å². The molecule has 112 valence electrons. The quantitative estimate of drug-likeness (QED) is 0.319. The van der Waals surface area contributed by atoms with E-state index in [0.29, 0.717) is 6.54 Å². The normalized spacial score (nSPS) is 13.8. The van der Waals surface area contributed by atoms with Gasteiger partial charge < -0.3 is 26.0 Å². The van der Waals surface area contributed by atoms with Crippen molar-refractivity contribution in [2.45, 2.75) is 18.6 Å². The van der Waals surface area contributed by atoms with Gasteiger partial charge in [0, 0.05) is 5.56 Å². The number of nitrogen functional groups attached to an aromatic ring is 1. The minimum atomic E-state index is -1.32. The third-order valence-electron chi connectivity index (χ3n) is 2.97. The van der Waals surface area contributed by atoms with E-state index in [1.807, 2.05) is 0 Å². The molecule has 0 fully saturated rings. The standard InChI is InChI=1S/C12H19N3O5/c1-14-4-3-10(16)12(17)8-5-7(20-2)6-9(11(8)13)15(18)19/h5-6,10,12,14,16-17H,3-4,13H2,1-2H3. The monoisotopic (exact) mass is 285 g/mol. The average molecular weight is 285 g/mol. The van der Waals surface area contributed by atoms with E-state index in [0.717, 1.165) is 0 Å². The zero-order valence-electron chi connectivity index (χ0n) is 11.4. The van der Waals surface area contributed by atoms with Gasteiger partial charge in [-0.15, -0.1) is 0 Å². The summed E-state index contributed by atoms with van der Waals surface area (Å²) in [6.45, 7) is 0.490. The van der Waals surface area contributed by atoms with E-state index in [1.165, 1.54) is 19.2 Å². The zero-order valence-corrected chi connectivity index (χ0v) is 11.4. The summed E-state index contributed by atoms with van der Waals surface area (Å²) in [6.07, 6.45) is -2.13. The summed E-state index contributed by atoms with van der Waals surface area (Å²) in [5.74, 6) is 0.195. The van der Waals surface area contributed by atoms with Crippen LogP contribution < -0.4 is 15.8 Å². The number of nitrogens with one attached hydrogen (secondary N) is 1. The number of rotatable bonds is 7. The van der Waals surface area contributed by atoms with Gasteiger partial charge in [-0.25, -0.2) is 0 Å². The van der Waals surface area contributed by atoms with Gasteiger partial charge in [0.05, 0.1) is 24.2 Å². The lowest BCUT2D eigenvalue weighted by Gasteiger charge is -2.20. The first kappa shape index (κ1) is 16.2. The molecule has 0 aromatic heterocycles. The summed E-state index contributed by atoms with van der Waals surface area (Å²) in [7, 11) is 3.06. The molecule has 0 saturated heterocycles. The Balaban J connectivity index is 3.15. The highest BCUT2D eigenvalue weighted by molar-refractivity contribution is 5.66. The Morgan fingerprint density at radius 3 is 2.65 bits per heavy atom. The molecular formula is C12H19N3O5. The third kappa shape index (κ3) is 3.56. The fraction of sp³-hybridized carbons (Fsp3) is 0.500. The van der Waals surface area contributed by atoms with Crippen molar-refractivity contribution in [3.8, 4) is 5.75 Å². The highest BCUT2D eigenvalue weighted by Gasteiger charge is 2.26. The summed E-state index contributed by atoms with van der Waals surface area (Å²) in [5, 5.41) is 33.7. The number of nitrogens with zero attached hydrogens (tertiary/aromatic N) is 1. The smallest absolute Gasteiger partial charge is 0.296 e. The molecule has 0 radical (unpaired) electrons. The minimum Gasteiger partial charge on any atom is -0.496 e. The van der Waals surface area contributed by atoms with E-state index >= 15 is 0 Å². The molecule has 8 heteroatoms. The van der Waals surface area contributed by atoms with Gasteiger partial charge in [0.25, 0.3) is 5.69 Å². The van der Waals surface area contributed by atoms with Crippen LogP contribution in [0.25, 0.3) is 0 Å². The van der Waals surface area contributed by atoms with E-state index in [2.05, 4.69) is 5.32 Å². The Morgan fingerprint density at radius 2 is 2.15 bits per heavy atom. The first-order valence-corrected chi connectivity index (χ1v) is 6.04. The number of ether oxygens (including phenoxy) is 1. The Hall–Kier alpha value is -1.90. The van der Waals surface area contributed by atoms with Gasteiger partial charge in [-0.2, -0.15) is 0 Å². The van der Waals surface area contributed by atoms with Gasteiger partial charge in [0.15, 0.2) is 0 Å². The molecule has 0 spiro atoms. The number of benzene rings is 1. The molecular weight excluding hydrogens is 266 g/mol. The number of aliphatic hydroxyl groups is 2. The Bertz CT molecular complexity index is 480.